The van der Waals surface area contributed by atoms with E-state index in [0.717, 1.165) is 24.3 Å². The summed E-state index contributed by atoms with van der Waals surface area (Å²) in [4.78, 5) is 9.51. The molecule has 4 rings (SSSR count). The lowest BCUT2D eigenvalue weighted by Gasteiger charge is -2.49. The van der Waals surface area contributed by atoms with Crippen molar-refractivity contribution in [2.75, 3.05) is 19.6 Å². The van der Waals surface area contributed by atoms with Gasteiger partial charge >= 0.3 is 0 Å². The van der Waals surface area contributed by atoms with Gasteiger partial charge in [-0.15, -0.1) is 0 Å². The van der Waals surface area contributed by atoms with Crippen molar-refractivity contribution in [1.29, 1.82) is 0 Å². The molecular weight excluding hydrogens is 262 g/mol. The maximum Gasteiger partial charge on any atom is 0.155 e. The molecule has 2 aliphatic heterocycles. The zero-order chi connectivity index (χ0) is 14.2. The first-order valence-corrected chi connectivity index (χ1v) is 8.06. The van der Waals surface area contributed by atoms with Crippen LogP contribution >= 0.6 is 0 Å². The lowest BCUT2D eigenvalue weighted by atomic mass is 9.97. The van der Waals surface area contributed by atoms with Crippen LogP contribution in [0.15, 0.2) is 24.7 Å². The zero-order valence-corrected chi connectivity index (χ0v) is 12.6. The first-order chi connectivity index (χ1) is 10.3. The van der Waals surface area contributed by atoms with E-state index in [9.17, 15) is 0 Å². The monoisotopic (exact) mass is 285 g/mol. The van der Waals surface area contributed by atoms with Crippen LogP contribution < -0.4 is 0 Å². The molecule has 2 aromatic heterocycles. The Bertz CT molecular complexity index is 616. The topological polar surface area (TPSA) is 36.7 Å². The van der Waals surface area contributed by atoms with E-state index >= 15 is 0 Å². The van der Waals surface area contributed by atoms with Crippen LogP contribution in [0.25, 0.3) is 5.65 Å². The Morgan fingerprint density at radius 2 is 2.19 bits per heavy atom. The third-order valence-electron chi connectivity index (χ3n) is 5.01. The van der Waals surface area contributed by atoms with Crippen LogP contribution in [0.2, 0.25) is 0 Å². The van der Waals surface area contributed by atoms with Crippen LogP contribution in [-0.4, -0.2) is 56.1 Å². The highest BCUT2D eigenvalue weighted by atomic mass is 15.3. The van der Waals surface area contributed by atoms with Gasteiger partial charge in [0.15, 0.2) is 5.65 Å². The van der Waals surface area contributed by atoms with Crippen LogP contribution in [0.3, 0.4) is 0 Å². The van der Waals surface area contributed by atoms with Crippen LogP contribution in [0.1, 0.15) is 31.7 Å². The number of aromatic nitrogens is 3. The third kappa shape index (κ3) is 2.56. The number of rotatable bonds is 3. The molecule has 0 N–H and O–H groups in total. The van der Waals surface area contributed by atoms with Gasteiger partial charge < -0.3 is 0 Å². The Morgan fingerprint density at radius 1 is 1.29 bits per heavy atom. The first-order valence-electron chi connectivity index (χ1n) is 8.06. The number of likely N-dealkylation sites (tertiary alicyclic amines) is 2. The number of fused-ring (bicyclic) bond motifs is 1. The maximum absolute atomic E-state index is 4.25. The van der Waals surface area contributed by atoms with E-state index in [4.69, 9.17) is 0 Å². The predicted octanol–water partition coefficient (Wildman–Crippen LogP) is 1.79. The summed E-state index contributed by atoms with van der Waals surface area (Å²) >= 11 is 0. The molecule has 0 aromatic carbocycles. The summed E-state index contributed by atoms with van der Waals surface area (Å²) in [6.45, 7) is 7.14. The smallest absolute Gasteiger partial charge is 0.155 e. The fourth-order valence-corrected chi connectivity index (χ4v) is 3.76. The zero-order valence-electron chi connectivity index (χ0n) is 12.6. The average molecular weight is 285 g/mol. The van der Waals surface area contributed by atoms with E-state index in [2.05, 4.69) is 38.9 Å². The summed E-state index contributed by atoms with van der Waals surface area (Å²) in [5.74, 6) is 0. The molecular formula is C16H23N5. The highest BCUT2D eigenvalue weighted by molar-refractivity contribution is 5.39. The highest BCUT2D eigenvalue weighted by Gasteiger charge is 2.34. The Labute approximate surface area is 125 Å². The summed E-state index contributed by atoms with van der Waals surface area (Å²) in [5, 5.41) is 4.14. The molecule has 21 heavy (non-hydrogen) atoms. The average Bonchev–Trinajstić information content (AvgIpc) is 2.91. The molecule has 2 aliphatic rings. The van der Waals surface area contributed by atoms with E-state index in [-0.39, 0.29) is 0 Å². The minimum atomic E-state index is 0.775. The van der Waals surface area contributed by atoms with Crippen molar-refractivity contribution in [3.63, 3.8) is 0 Å². The molecule has 4 heterocycles. The summed E-state index contributed by atoms with van der Waals surface area (Å²) < 4.78 is 1.82. The molecule has 0 amide bonds. The van der Waals surface area contributed by atoms with Crippen molar-refractivity contribution in [2.45, 2.75) is 44.8 Å². The third-order valence-corrected chi connectivity index (χ3v) is 5.01. The number of pyridine rings is 1. The van der Waals surface area contributed by atoms with Gasteiger partial charge in [-0.3, -0.25) is 9.80 Å². The lowest BCUT2D eigenvalue weighted by Crippen LogP contribution is -2.61. The maximum atomic E-state index is 4.25. The summed E-state index contributed by atoms with van der Waals surface area (Å²) in [7, 11) is 0. The van der Waals surface area contributed by atoms with Crippen molar-refractivity contribution in [3.05, 3.63) is 30.2 Å². The highest BCUT2D eigenvalue weighted by Crippen LogP contribution is 2.25. The minimum absolute atomic E-state index is 0.775. The predicted molar refractivity (Wildman–Crippen MR) is 82.1 cm³/mol. The molecule has 0 spiro atoms. The van der Waals surface area contributed by atoms with Gasteiger partial charge in [0.05, 0.1) is 0 Å². The van der Waals surface area contributed by atoms with Crippen molar-refractivity contribution >= 4 is 5.65 Å². The van der Waals surface area contributed by atoms with Crippen LogP contribution in [0.4, 0.5) is 0 Å². The van der Waals surface area contributed by atoms with Crippen LogP contribution in [0, 0.1) is 0 Å². The molecule has 0 radical (unpaired) electrons. The quantitative estimate of drug-likeness (QED) is 0.861. The molecule has 0 aliphatic carbocycles. The number of hydrogen-bond donors (Lipinski definition) is 0. The first kappa shape index (κ1) is 13.2. The Hall–Kier alpha value is -1.46. The van der Waals surface area contributed by atoms with Gasteiger partial charge in [0, 0.05) is 37.9 Å². The molecule has 0 saturated carbocycles. The largest absolute Gasteiger partial charge is 0.296 e. The molecule has 5 heteroatoms. The molecule has 1 atom stereocenters. The van der Waals surface area contributed by atoms with Gasteiger partial charge in [0.1, 0.15) is 6.33 Å². The molecule has 2 aromatic rings. The number of piperidine rings is 1. The lowest BCUT2D eigenvalue weighted by molar-refractivity contribution is -0.00620. The second-order valence-corrected chi connectivity index (χ2v) is 6.53. The van der Waals surface area contributed by atoms with Gasteiger partial charge in [0.25, 0.3) is 0 Å². The molecule has 0 bridgehead atoms. The Balaban J connectivity index is 1.35. The second-order valence-electron chi connectivity index (χ2n) is 6.53. The van der Waals surface area contributed by atoms with E-state index < -0.39 is 0 Å². The molecule has 2 fully saturated rings. The van der Waals surface area contributed by atoms with Gasteiger partial charge in [0.2, 0.25) is 0 Å². The fraction of sp³-hybridized carbons (Fsp3) is 0.625. The standard InChI is InChI=1S/C16H23N5/c1-13-4-2-3-6-20(13)15-10-19(11-15)9-14-5-7-21-16(8-14)17-12-18-21/h5,7-8,12-13,15H,2-4,6,9-11H2,1H3. The van der Waals surface area contributed by atoms with Gasteiger partial charge in [-0.1, -0.05) is 6.42 Å². The van der Waals surface area contributed by atoms with E-state index in [0.29, 0.717) is 0 Å². The van der Waals surface area contributed by atoms with Gasteiger partial charge in [-0.05, 0) is 44.0 Å². The molecule has 1 unspecified atom stereocenters. The Kier molecular flexibility index (Phi) is 3.39. The van der Waals surface area contributed by atoms with E-state index in [1.54, 1.807) is 6.33 Å². The number of hydrogen-bond acceptors (Lipinski definition) is 4. The molecule has 2 saturated heterocycles. The van der Waals surface area contributed by atoms with Gasteiger partial charge in [-0.25, -0.2) is 9.50 Å². The SMILES string of the molecule is CC1CCCCN1C1CN(Cc2ccn3ncnc3c2)C1. The van der Waals surface area contributed by atoms with Crippen molar-refractivity contribution in [3.8, 4) is 0 Å². The van der Waals surface area contributed by atoms with E-state index in [1.165, 1.54) is 44.5 Å². The number of nitrogens with zero attached hydrogens (tertiary/aromatic N) is 5. The summed E-state index contributed by atoms with van der Waals surface area (Å²) in [6.07, 6.45) is 7.77. The van der Waals surface area contributed by atoms with Gasteiger partial charge in [-0.2, -0.15) is 5.10 Å². The molecule has 112 valence electrons. The van der Waals surface area contributed by atoms with Crippen LogP contribution in [-0.2, 0) is 6.54 Å². The summed E-state index contributed by atoms with van der Waals surface area (Å²) in [6, 6.07) is 5.85. The minimum Gasteiger partial charge on any atom is -0.296 e. The fourth-order valence-electron chi connectivity index (χ4n) is 3.76. The van der Waals surface area contributed by atoms with Crippen LogP contribution in [0.5, 0.6) is 0 Å². The van der Waals surface area contributed by atoms with E-state index in [1.807, 2.05) is 10.7 Å². The Morgan fingerprint density at radius 3 is 3.05 bits per heavy atom. The second kappa shape index (κ2) is 5.39. The van der Waals surface area contributed by atoms with Crippen molar-refractivity contribution in [1.82, 2.24) is 24.4 Å². The van der Waals surface area contributed by atoms with Crippen molar-refractivity contribution in [2.24, 2.45) is 0 Å². The summed E-state index contributed by atoms with van der Waals surface area (Å²) in [5.41, 5.74) is 2.27. The van der Waals surface area contributed by atoms with Crippen molar-refractivity contribution < 1.29 is 0 Å². The normalized spacial score (nSPS) is 25.3. The molecule has 5 nitrogen and oxygen atoms in total.